The quantitative estimate of drug-likeness (QED) is 0.551. The van der Waals surface area contributed by atoms with Gasteiger partial charge in [-0.3, -0.25) is 0 Å². The molecule has 0 unspecified atom stereocenters. The van der Waals surface area contributed by atoms with Crippen LogP contribution in [0.1, 0.15) is 12.8 Å². The van der Waals surface area contributed by atoms with Crippen molar-refractivity contribution in [2.75, 3.05) is 19.6 Å². The summed E-state index contributed by atoms with van der Waals surface area (Å²) in [5.74, 6) is 0. The number of nitrogens with zero attached hydrogens (tertiary/aromatic N) is 2. The SMILES string of the molecule is N#CCNC(=O)N1CCCC1. The van der Waals surface area contributed by atoms with Crippen LogP contribution in [0.15, 0.2) is 0 Å². The average Bonchev–Trinajstić information content (AvgIpc) is 2.52. The maximum Gasteiger partial charge on any atom is 0.318 e. The minimum absolute atomic E-state index is 0.106. The fourth-order valence-corrected chi connectivity index (χ4v) is 1.15. The van der Waals surface area contributed by atoms with Gasteiger partial charge in [0, 0.05) is 13.1 Å². The number of carbonyl (C=O) groups excluding carboxylic acids is 1. The van der Waals surface area contributed by atoms with Crippen LogP contribution < -0.4 is 5.32 Å². The van der Waals surface area contributed by atoms with Gasteiger partial charge in [-0.2, -0.15) is 5.26 Å². The molecule has 1 aliphatic heterocycles. The van der Waals surface area contributed by atoms with Crippen LogP contribution in [0.5, 0.6) is 0 Å². The molecule has 0 radical (unpaired) electrons. The van der Waals surface area contributed by atoms with Gasteiger partial charge in [0.25, 0.3) is 0 Å². The summed E-state index contributed by atoms with van der Waals surface area (Å²) in [6.45, 7) is 1.77. The molecule has 0 aromatic rings. The van der Waals surface area contributed by atoms with E-state index in [4.69, 9.17) is 5.26 Å². The van der Waals surface area contributed by atoms with Crippen molar-refractivity contribution in [2.24, 2.45) is 0 Å². The molecule has 0 spiro atoms. The molecule has 0 aromatic carbocycles. The number of urea groups is 1. The average molecular weight is 153 g/mol. The van der Waals surface area contributed by atoms with Gasteiger partial charge >= 0.3 is 6.03 Å². The molecule has 1 N–H and O–H groups in total. The molecule has 4 heteroatoms. The fourth-order valence-electron chi connectivity index (χ4n) is 1.15. The Hall–Kier alpha value is -1.24. The molecule has 0 aliphatic carbocycles. The topological polar surface area (TPSA) is 56.1 Å². The molecule has 1 aliphatic rings. The first kappa shape index (κ1) is 7.86. The van der Waals surface area contributed by atoms with Gasteiger partial charge in [0.1, 0.15) is 6.54 Å². The van der Waals surface area contributed by atoms with Crippen molar-refractivity contribution in [1.29, 1.82) is 5.26 Å². The fraction of sp³-hybridized carbons (Fsp3) is 0.714. The Bertz CT molecular complexity index is 179. The minimum atomic E-state index is -0.107. The smallest absolute Gasteiger partial charge is 0.318 e. The maximum atomic E-state index is 11.1. The second kappa shape index (κ2) is 3.81. The van der Waals surface area contributed by atoms with E-state index in [-0.39, 0.29) is 12.6 Å². The van der Waals surface area contributed by atoms with Crippen LogP contribution in [0.25, 0.3) is 0 Å². The Labute approximate surface area is 65.8 Å². The summed E-state index contributed by atoms with van der Waals surface area (Å²) >= 11 is 0. The number of nitrogens with one attached hydrogen (secondary N) is 1. The van der Waals surface area contributed by atoms with Gasteiger partial charge < -0.3 is 10.2 Å². The van der Waals surface area contributed by atoms with Crippen LogP contribution in [-0.4, -0.2) is 30.6 Å². The number of rotatable bonds is 1. The summed E-state index contributed by atoms with van der Waals surface area (Å²) in [6.07, 6.45) is 2.17. The van der Waals surface area contributed by atoms with Gasteiger partial charge in [0.05, 0.1) is 6.07 Å². The van der Waals surface area contributed by atoms with E-state index in [0.717, 1.165) is 25.9 Å². The Morgan fingerprint density at radius 2 is 2.18 bits per heavy atom. The van der Waals surface area contributed by atoms with E-state index >= 15 is 0 Å². The minimum Gasteiger partial charge on any atom is -0.325 e. The lowest BCUT2D eigenvalue weighted by molar-refractivity contribution is 0.210. The van der Waals surface area contributed by atoms with Crippen LogP contribution in [-0.2, 0) is 0 Å². The third-order valence-electron chi connectivity index (χ3n) is 1.71. The zero-order valence-corrected chi connectivity index (χ0v) is 6.34. The van der Waals surface area contributed by atoms with Gasteiger partial charge in [-0.1, -0.05) is 0 Å². The predicted molar refractivity (Wildman–Crippen MR) is 39.8 cm³/mol. The molecule has 1 rings (SSSR count). The van der Waals surface area contributed by atoms with Gasteiger partial charge in [0.2, 0.25) is 0 Å². The Morgan fingerprint density at radius 1 is 1.55 bits per heavy atom. The van der Waals surface area contributed by atoms with Gasteiger partial charge in [0.15, 0.2) is 0 Å². The highest BCUT2D eigenvalue weighted by Gasteiger charge is 2.16. The van der Waals surface area contributed by atoms with Crippen LogP contribution in [0.4, 0.5) is 4.79 Å². The zero-order chi connectivity index (χ0) is 8.10. The number of nitriles is 1. The molecule has 4 nitrogen and oxygen atoms in total. The largest absolute Gasteiger partial charge is 0.325 e. The van der Waals surface area contributed by atoms with Gasteiger partial charge in [-0.15, -0.1) is 0 Å². The summed E-state index contributed by atoms with van der Waals surface area (Å²) in [5.41, 5.74) is 0. The molecular formula is C7H11N3O. The van der Waals surface area contributed by atoms with Crippen molar-refractivity contribution in [2.45, 2.75) is 12.8 Å². The second-order valence-electron chi connectivity index (χ2n) is 2.51. The van der Waals surface area contributed by atoms with E-state index in [1.807, 2.05) is 6.07 Å². The van der Waals surface area contributed by atoms with Gasteiger partial charge in [-0.25, -0.2) is 4.79 Å². The number of likely N-dealkylation sites (tertiary alicyclic amines) is 1. The maximum absolute atomic E-state index is 11.1. The van der Waals surface area contributed by atoms with Crippen molar-refractivity contribution < 1.29 is 4.79 Å². The lowest BCUT2D eigenvalue weighted by Crippen LogP contribution is -2.37. The molecule has 1 heterocycles. The summed E-state index contributed by atoms with van der Waals surface area (Å²) in [5, 5.41) is 10.7. The zero-order valence-electron chi connectivity index (χ0n) is 6.34. The van der Waals surface area contributed by atoms with E-state index in [1.165, 1.54) is 0 Å². The molecular weight excluding hydrogens is 142 g/mol. The monoisotopic (exact) mass is 153 g/mol. The first-order valence-electron chi connectivity index (χ1n) is 3.74. The number of amides is 2. The Kier molecular flexibility index (Phi) is 2.73. The third kappa shape index (κ3) is 2.11. The summed E-state index contributed by atoms with van der Waals surface area (Å²) in [7, 11) is 0. The van der Waals surface area contributed by atoms with Crippen LogP contribution in [0.3, 0.4) is 0 Å². The first-order valence-corrected chi connectivity index (χ1v) is 3.74. The summed E-state index contributed by atoms with van der Waals surface area (Å²) in [4.78, 5) is 12.8. The van der Waals surface area contributed by atoms with E-state index in [1.54, 1.807) is 4.90 Å². The lowest BCUT2D eigenvalue weighted by Gasteiger charge is -2.14. The van der Waals surface area contributed by atoms with E-state index in [9.17, 15) is 4.79 Å². The number of hydrogen-bond acceptors (Lipinski definition) is 2. The second-order valence-corrected chi connectivity index (χ2v) is 2.51. The van der Waals surface area contributed by atoms with Crippen molar-refractivity contribution in [3.05, 3.63) is 0 Å². The highest BCUT2D eigenvalue weighted by atomic mass is 16.2. The Morgan fingerprint density at radius 3 is 2.73 bits per heavy atom. The highest BCUT2D eigenvalue weighted by Crippen LogP contribution is 2.06. The number of hydrogen-bond donors (Lipinski definition) is 1. The standard InChI is InChI=1S/C7H11N3O/c8-3-4-9-7(11)10-5-1-2-6-10/h1-2,4-6H2,(H,9,11). The Balaban J connectivity index is 2.24. The molecule has 11 heavy (non-hydrogen) atoms. The molecule has 0 aromatic heterocycles. The van der Waals surface area contributed by atoms with Crippen LogP contribution in [0.2, 0.25) is 0 Å². The summed E-state index contributed by atoms with van der Waals surface area (Å²) in [6, 6.07) is 1.76. The van der Waals surface area contributed by atoms with Gasteiger partial charge in [-0.05, 0) is 12.8 Å². The molecule has 0 atom stereocenters. The molecule has 0 saturated carbocycles. The molecule has 0 bridgehead atoms. The van der Waals surface area contributed by atoms with Crippen molar-refractivity contribution >= 4 is 6.03 Å². The van der Waals surface area contributed by atoms with Crippen molar-refractivity contribution in [3.8, 4) is 6.07 Å². The van der Waals surface area contributed by atoms with Crippen LogP contribution >= 0.6 is 0 Å². The molecule has 1 fully saturated rings. The molecule has 2 amide bonds. The number of carbonyl (C=O) groups is 1. The van der Waals surface area contributed by atoms with E-state index < -0.39 is 0 Å². The predicted octanol–water partition coefficient (Wildman–Crippen LogP) is 0.315. The van der Waals surface area contributed by atoms with E-state index in [2.05, 4.69) is 5.32 Å². The summed E-state index contributed by atoms with van der Waals surface area (Å²) < 4.78 is 0. The van der Waals surface area contributed by atoms with E-state index in [0.29, 0.717) is 0 Å². The van der Waals surface area contributed by atoms with Crippen LogP contribution in [0, 0.1) is 11.3 Å². The lowest BCUT2D eigenvalue weighted by atomic mass is 10.4. The highest BCUT2D eigenvalue weighted by molar-refractivity contribution is 5.74. The van der Waals surface area contributed by atoms with Crippen molar-refractivity contribution in [3.63, 3.8) is 0 Å². The normalized spacial score (nSPS) is 16.1. The molecule has 60 valence electrons. The third-order valence-corrected chi connectivity index (χ3v) is 1.71. The van der Waals surface area contributed by atoms with Crippen molar-refractivity contribution in [1.82, 2.24) is 10.2 Å². The molecule has 1 saturated heterocycles. The first-order chi connectivity index (χ1) is 5.34.